The van der Waals surface area contributed by atoms with Gasteiger partial charge in [0.2, 0.25) is 0 Å². The molecule has 0 saturated carbocycles. The molecule has 2 heterocycles. The van der Waals surface area contributed by atoms with Crippen LogP contribution in [0.25, 0.3) is 17.1 Å². The molecule has 2 aromatic carbocycles. The van der Waals surface area contributed by atoms with Crippen LogP contribution in [0.15, 0.2) is 42.2 Å². The zero-order valence-electron chi connectivity index (χ0n) is 25.2. The molecule has 3 aromatic rings. The number of nitrogens with zero attached hydrogens (tertiary/aromatic N) is 4. The maximum atomic E-state index is 13.8. The van der Waals surface area contributed by atoms with Crippen molar-refractivity contribution >= 4 is 71.9 Å². The second-order valence-electron chi connectivity index (χ2n) is 10.7. The van der Waals surface area contributed by atoms with Crippen molar-refractivity contribution in [2.75, 3.05) is 34.4 Å². The normalized spacial score (nSPS) is 15.2. The summed E-state index contributed by atoms with van der Waals surface area (Å²) in [5.41, 5.74) is 1.94. The number of hydrogen-bond acceptors (Lipinski definition) is 6. The van der Waals surface area contributed by atoms with Crippen molar-refractivity contribution in [1.29, 1.82) is 0 Å². The van der Waals surface area contributed by atoms with E-state index in [-0.39, 0.29) is 31.4 Å². The van der Waals surface area contributed by atoms with Gasteiger partial charge in [0, 0.05) is 42.7 Å². The second-order valence-corrected chi connectivity index (χ2v) is 14.7. The van der Waals surface area contributed by atoms with Crippen LogP contribution in [0.4, 0.5) is 24.5 Å². The second kappa shape index (κ2) is 13.7. The summed E-state index contributed by atoms with van der Waals surface area (Å²) in [6.07, 6.45) is 0.468. The molecule has 46 heavy (non-hydrogen) atoms. The number of aromatic nitrogens is 2. The third kappa shape index (κ3) is 8.00. The van der Waals surface area contributed by atoms with Crippen LogP contribution >= 0.6 is 23.2 Å². The summed E-state index contributed by atoms with van der Waals surface area (Å²) in [5.74, 6) is 0.0971. The lowest BCUT2D eigenvalue weighted by Gasteiger charge is -2.24. The maximum absolute atomic E-state index is 13.8. The Kier molecular flexibility index (Phi) is 10.8. The van der Waals surface area contributed by atoms with Gasteiger partial charge in [0.25, 0.3) is 26.1 Å². The van der Waals surface area contributed by atoms with Gasteiger partial charge in [-0.15, -0.1) is 0 Å². The quantitative estimate of drug-likeness (QED) is 0.164. The van der Waals surface area contributed by atoms with E-state index in [2.05, 4.69) is 0 Å². The fourth-order valence-electron chi connectivity index (χ4n) is 5.60. The standard InChI is InChI=1S/C29H33Cl2F3N4O6S2/c1-4-35-25-17-21(30)19(3)15-23(25)37(11-7-13-45(39,40)41)27(35)9-6-10-28-36(5-2)26-18-22(31)20(29(32,33)34)16-24(26)38(28)12-8-14-46(42,43)44/h6,9-10,15-18H,4-5,7-8,11-14H2,1-3H3,(H-,39,40,41,42,43,44)/p+1. The van der Waals surface area contributed by atoms with E-state index in [0.717, 1.165) is 23.0 Å². The molecule has 0 amide bonds. The Balaban J connectivity index is 1.85. The molecule has 2 N–H and O–H groups in total. The highest BCUT2D eigenvalue weighted by molar-refractivity contribution is 7.86. The minimum atomic E-state index is -4.73. The smallest absolute Gasteiger partial charge is 0.326 e. The topological polar surface area (TPSA) is 124 Å². The van der Waals surface area contributed by atoms with E-state index in [0.29, 0.717) is 35.3 Å². The summed E-state index contributed by atoms with van der Waals surface area (Å²) in [6.45, 7) is 6.65. The molecule has 4 rings (SSSR count). The van der Waals surface area contributed by atoms with Crippen molar-refractivity contribution in [2.24, 2.45) is 0 Å². The summed E-state index contributed by atoms with van der Waals surface area (Å²) in [5, 5.41) is 0.0638. The van der Waals surface area contributed by atoms with Crippen molar-refractivity contribution in [3.05, 3.63) is 69.2 Å². The van der Waals surface area contributed by atoms with Gasteiger partial charge in [0.05, 0.1) is 46.6 Å². The molecular formula is C29H34Cl2F3N4O6S2+. The Labute approximate surface area is 275 Å². The number of fused-ring (bicyclic) bond motifs is 2. The highest BCUT2D eigenvalue weighted by atomic mass is 35.5. The first-order valence-corrected chi connectivity index (χ1v) is 18.3. The Morgan fingerprint density at radius 3 is 2.11 bits per heavy atom. The molecule has 0 aliphatic carbocycles. The van der Waals surface area contributed by atoms with Gasteiger partial charge < -0.3 is 9.80 Å². The van der Waals surface area contributed by atoms with Crippen LogP contribution in [0.3, 0.4) is 0 Å². The van der Waals surface area contributed by atoms with Gasteiger partial charge in [-0.05, 0) is 51.0 Å². The summed E-state index contributed by atoms with van der Waals surface area (Å²) >= 11 is 12.5. The van der Waals surface area contributed by atoms with Gasteiger partial charge in [0.15, 0.2) is 11.0 Å². The number of aryl methyl sites for hydroxylation is 3. The van der Waals surface area contributed by atoms with E-state index < -0.39 is 48.5 Å². The van der Waals surface area contributed by atoms with E-state index >= 15 is 0 Å². The zero-order chi connectivity index (χ0) is 34.2. The molecule has 0 saturated heterocycles. The fraction of sp³-hybridized carbons (Fsp3) is 0.414. The lowest BCUT2D eigenvalue weighted by atomic mass is 10.2. The zero-order valence-corrected chi connectivity index (χ0v) is 28.4. The van der Waals surface area contributed by atoms with Crippen molar-refractivity contribution in [1.82, 2.24) is 4.57 Å². The van der Waals surface area contributed by atoms with E-state index in [1.807, 2.05) is 35.8 Å². The number of benzene rings is 2. The summed E-state index contributed by atoms with van der Waals surface area (Å²) in [7, 11) is -8.50. The predicted octanol–water partition coefficient (Wildman–Crippen LogP) is 6.34. The maximum Gasteiger partial charge on any atom is 0.418 e. The number of imidazole rings is 1. The van der Waals surface area contributed by atoms with Crippen LogP contribution < -0.4 is 14.4 Å². The molecule has 1 aliphatic heterocycles. The molecular weight excluding hydrogens is 692 g/mol. The molecule has 0 spiro atoms. The molecule has 0 fully saturated rings. The summed E-state index contributed by atoms with van der Waals surface area (Å²) in [4.78, 5) is 3.88. The van der Waals surface area contributed by atoms with Gasteiger partial charge in [-0.1, -0.05) is 29.3 Å². The molecule has 0 atom stereocenters. The lowest BCUT2D eigenvalue weighted by Crippen LogP contribution is -2.37. The van der Waals surface area contributed by atoms with Gasteiger partial charge in [-0.2, -0.15) is 30.0 Å². The number of allylic oxidation sites excluding steroid dienone is 2. The lowest BCUT2D eigenvalue weighted by molar-refractivity contribution is -0.673. The monoisotopic (exact) mass is 725 g/mol. The molecule has 10 nitrogen and oxygen atoms in total. The van der Waals surface area contributed by atoms with Crippen LogP contribution in [0, 0.1) is 6.92 Å². The average molecular weight is 727 g/mol. The highest BCUT2D eigenvalue weighted by Crippen LogP contribution is 2.44. The van der Waals surface area contributed by atoms with E-state index in [4.69, 9.17) is 23.2 Å². The first kappa shape index (κ1) is 36.0. The Bertz CT molecular complexity index is 1930. The molecule has 1 aliphatic rings. The van der Waals surface area contributed by atoms with Crippen molar-refractivity contribution in [3.8, 4) is 0 Å². The molecule has 0 unspecified atom stereocenters. The van der Waals surface area contributed by atoms with E-state index in [9.17, 15) is 39.1 Å². The number of halogens is 5. The number of alkyl halides is 3. The minimum Gasteiger partial charge on any atom is -0.326 e. The Morgan fingerprint density at radius 1 is 0.891 bits per heavy atom. The van der Waals surface area contributed by atoms with Gasteiger partial charge in [-0.3, -0.25) is 9.11 Å². The molecule has 1 aromatic heterocycles. The third-order valence-electron chi connectivity index (χ3n) is 7.59. The fourth-order valence-corrected chi connectivity index (χ4v) is 7.01. The van der Waals surface area contributed by atoms with Crippen molar-refractivity contribution in [2.45, 2.75) is 52.9 Å². The third-order valence-corrected chi connectivity index (χ3v) is 9.91. The summed E-state index contributed by atoms with van der Waals surface area (Å²) in [6, 6.07) is 5.87. The largest absolute Gasteiger partial charge is 0.418 e. The summed E-state index contributed by atoms with van der Waals surface area (Å²) < 4.78 is 109. The SMILES string of the molecule is CCN1/C(=C\C=C\c2n(CC)c3cc(Cl)c(C(F)(F)F)cc3[n+]2CCCS(=O)(=O)O)N(CCCS(=O)(=O)O)c2cc(C)c(Cl)cc21. The number of anilines is 2. The van der Waals surface area contributed by atoms with Gasteiger partial charge in [-0.25, -0.2) is 9.13 Å². The highest BCUT2D eigenvalue weighted by Gasteiger charge is 2.36. The van der Waals surface area contributed by atoms with Crippen molar-refractivity contribution in [3.63, 3.8) is 0 Å². The Morgan fingerprint density at radius 2 is 1.52 bits per heavy atom. The molecule has 0 radical (unpaired) electrons. The Hall–Kier alpha value is -2.82. The van der Waals surface area contributed by atoms with Gasteiger partial charge >= 0.3 is 6.18 Å². The number of rotatable bonds is 12. The van der Waals surface area contributed by atoms with Crippen LogP contribution in [-0.4, -0.2) is 55.1 Å². The van der Waals surface area contributed by atoms with Crippen LogP contribution in [0.5, 0.6) is 0 Å². The minimum absolute atomic E-state index is 0.0233. The number of hydrogen-bond donors (Lipinski definition) is 2. The van der Waals surface area contributed by atoms with Gasteiger partial charge in [0.1, 0.15) is 5.82 Å². The van der Waals surface area contributed by atoms with E-state index in [1.54, 1.807) is 34.3 Å². The van der Waals surface area contributed by atoms with Crippen molar-refractivity contribution < 1.29 is 43.7 Å². The van der Waals surface area contributed by atoms with Crippen LogP contribution in [0.2, 0.25) is 10.0 Å². The van der Waals surface area contributed by atoms with Crippen LogP contribution in [0.1, 0.15) is 43.6 Å². The van der Waals surface area contributed by atoms with Crippen LogP contribution in [-0.2, 0) is 39.5 Å². The van der Waals surface area contributed by atoms with E-state index in [1.165, 1.54) is 6.07 Å². The first-order chi connectivity index (χ1) is 21.4. The average Bonchev–Trinajstić information content (AvgIpc) is 3.36. The molecule has 17 heteroatoms. The molecule has 252 valence electrons. The predicted molar refractivity (Wildman–Crippen MR) is 174 cm³/mol. The molecule has 0 bridgehead atoms. The first-order valence-electron chi connectivity index (χ1n) is 14.3.